The second-order valence-electron chi connectivity index (χ2n) is 7.34. The van der Waals surface area contributed by atoms with Gasteiger partial charge in [-0.2, -0.15) is 0 Å². The minimum atomic E-state index is 0.416. The summed E-state index contributed by atoms with van der Waals surface area (Å²) >= 11 is 0. The molecule has 1 atom stereocenters. The van der Waals surface area contributed by atoms with Crippen molar-refractivity contribution < 1.29 is 14.2 Å². The quantitative estimate of drug-likeness (QED) is 0.590. The van der Waals surface area contributed by atoms with Gasteiger partial charge in [0.05, 0.1) is 34.0 Å². The number of aliphatic imine (C=N–C) groups is 1. The van der Waals surface area contributed by atoms with Crippen LogP contribution in [0.25, 0.3) is 0 Å². The monoisotopic (exact) mass is 390 g/mol. The molecule has 156 valence electrons. The van der Waals surface area contributed by atoms with Crippen LogP contribution >= 0.6 is 0 Å². The maximum atomic E-state index is 5.49. The highest BCUT2D eigenvalue weighted by molar-refractivity contribution is 5.80. The van der Waals surface area contributed by atoms with Gasteiger partial charge in [0.25, 0.3) is 0 Å². The number of benzene rings is 1. The molecule has 7 heteroatoms. The predicted octanol–water partition coefficient (Wildman–Crippen LogP) is 1.75. The molecule has 1 N–H and O–H groups in total. The van der Waals surface area contributed by atoms with Crippen molar-refractivity contribution in [3.63, 3.8) is 0 Å². The van der Waals surface area contributed by atoms with Crippen LogP contribution in [0, 0.1) is 0 Å². The molecule has 1 saturated heterocycles. The Kier molecular flexibility index (Phi) is 7.39. The minimum absolute atomic E-state index is 0.416. The van der Waals surface area contributed by atoms with Crippen LogP contribution in [0.2, 0.25) is 0 Å². The second-order valence-corrected chi connectivity index (χ2v) is 7.34. The lowest BCUT2D eigenvalue weighted by Crippen LogP contribution is -2.46. The summed E-state index contributed by atoms with van der Waals surface area (Å²) in [6.07, 6.45) is 0.971. The fraction of sp³-hybridized carbons (Fsp3) is 0.667. The first-order chi connectivity index (χ1) is 13.7. The van der Waals surface area contributed by atoms with E-state index in [0.29, 0.717) is 6.04 Å². The molecule has 0 bridgehead atoms. The highest BCUT2D eigenvalue weighted by Gasteiger charge is 2.22. The Morgan fingerprint density at radius 3 is 2.46 bits per heavy atom. The summed E-state index contributed by atoms with van der Waals surface area (Å²) in [5, 5.41) is 3.47. The molecule has 0 radical (unpaired) electrons. The zero-order valence-corrected chi connectivity index (χ0v) is 17.7. The van der Waals surface area contributed by atoms with Crippen molar-refractivity contribution in [2.24, 2.45) is 4.99 Å². The average molecular weight is 391 g/mol. The second kappa shape index (κ2) is 9.98. The highest BCUT2D eigenvalue weighted by Crippen LogP contribution is 2.33. The molecular formula is C21H34N4O3. The Morgan fingerprint density at radius 1 is 1.14 bits per heavy atom. The van der Waals surface area contributed by atoms with Gasteiger partial charge < -0.3 is 24.4 Å². The zero-order valence-electron chi connectivity index (χ0n) is 17.7. The Bertz CT molecular complexity index is 674. The van der Waals surface area contributed by atoms with Crippen molar-refractivity contribution in [3.05, 3.63) is 23.3 Å². The summed E-state index contributed by atoms with van der Waals surface area (Å²) < 4.78 is 16.4. The Labute approximate surface area is 168 Å². The van der Waals surface area contributed by atoms with Crippen molar-refractivity contribution in [2.75, 3.05) is 60.2 Å². The van der Waals surface area contributed by atoms with E-state index in [0.717, 1.165) is 76.4 Å². The molecule has 28 heavy (non-hydrogen) atoms. The third-order valence-corrected chi connectivity index (χ3v) is 5.53. The molecule has 7 nitrogen and oxygen atoms in total. The number of nitrogens with one attached hydrogen (secondary N) is 1. The summed E-state index contributed by atoms with van der Waals surface area (Å²) in [4.78, 5) is 9.75. The zero-order chi connectivity index (χ0) is 19.9. The van der Waals surface area contributed by atoms with E-state index in [2.05, 4.69) is 41.1 Å². The van der Waals surface area contributed by atoms with Gasteiger partial charge in [-0.25, -0.2) is 0 Å². The smallest absolute Gasteiger partial charge is 0.194 e. The number of rotatable bonds is 6. The molecule has 1 unspecified atom stereocenters. The summed E-state index contributed by atoms with van der Waals surface area (Å²) in [5.41, 5.74) is 2.60. The molecule has 3 rings (SSSR count). The first kappa shape index (κ1) is 20.7. The lowest BCUT2D eigenvalue weighted by molar-refractivity contribution is 0.0220. The van der Waals surface area contributed by atoms with Crippen molar-refractivity contribution in [3.8, 4) is 11.5 Å². The predicted molar refractivity (Wildman–Crippen MR) is 111 cm³/mol. The molecule has 0 amide bonds. The summed E-state index contributed by atoms with van der Waals surface area (Å²) in [6.45, 7) is 11.4. The molecule has 2 aliphatic rings. The van der Waals surface area contributed by atoms with E-state index in [1.54, 1.807) is 14.2 Å². The van der Waals surface area contributed by atoms with E-state index in [1.807, 2.05) is 0 Å². The van der Waals surface area contributed by atoms with Crippen molar-refractivity contribution >= 4 is 5.96 Å². The van der Waals surface area contributed by atoms with E-state index >= 15 is 0 Å². The largest absolute Gasteiger partial charge is 0.493 e. The average Bonchev–Trinajstić information content (AvgIpc) is 2.75. The van der Waals surface area contributed by atoms with Crippen LogP contribution in [0.15, 0.2) is 17.1 Å². The van der Waals surface area contributed by atoms with E-state index in [1.165, 1.54) is 11.1 Å². The first-order valence-electron chi connectivity index (χ1n) is 10.2. The van der Waals surface area contributed by atoms with E-state index in [9.17, 15) is 0 Å². The molecule has 0 saturated carbocycles. The van der Waals surface area contributed by atoms with Crippen LogP contribution in [-0.2, 0) is 17.7 Å². The maximum absolute atomic E-state index is 5.49. The van der Waals surface area contributed by atoms with Gasteiger partial charge in [0.15, 0.2) is 17.5 Å². The van der Waals surface area contributed by atoms with Gasteiger partial charge in [-0.15, -0.1) is 0 Å². The Balaban J connectivity index is 1.70. The third kappa shape index (κ3) is 4.89. The third-order valence-electron chi connectivity index (χ3n) is 5.53. The molecule has 1 aromatic rings. The number of nitrogens with zero attached hydrogens (tertiary/aromatic N) is 3. The molecule has 2 heterocycles. The number of fused-ring (bicyclic) bond motifs is 1. The maximum Gasteiger partial charge on any atom is 0.194 e. The van der Waals surface area contributed by atoms with Crippen LogP contribution in [0.3, 0.4) is 0 Å². The summed E-state index contributed by atoms with van der Waals surface area (Å²) in [5.74, 6) is 2.57. The fourth-order valence-electron chi connectivity index (χ4n) is 3.84. The van der Waals surface area contributed by atoms with Gasteiger partial charge in [-0.05, 0) is 43.5 Å². The van der Waals surface area contributed by atoms with Crippen molar-refractivity contribution in [1.29, 1.82) is 0 Å². The van der Waals surface area contributed by atoms with Crippen LogP contribution in [0.1, 0.15) is 25.0 Å². The standard InChI is InChI=1S/C21H34N4O3/c1-5-22-21(23-14-16(2)24-8-10-28-11-9-24)25-7-6-17-12-19(26-3)20(27-4)13-18(17)15-25/h12-13,16H,5-11,14-15H2,1-4H3,(H,22,23). The van der Waals surface area contributed by atoms with Crippen LogP contribution < -0.4 is 14.8 Å². The Morgan fingerprint density at radius 2 is 1.82 bits per heavy atom. The van der Waals surface area contributed by atoms with E-state index in [-0.39, 0.29) is 0 Å². The molecular weight excluding hydrogens is 356 g/mol. The fourth-order valence-corrected chi connectivity index (χ4v) is 3.84. The number of ether oxygens (including phenoxy) is 3. The SMILES string of the molecule is CCNC(=NCC(C)N1CCOCC1)N1CCc2cc(OC)c(OC)cc2C1. The van der Waals surface area contributed by atoms with Gasteiger partial charge >= 0.3 is 0 Å². The lowest BCUT2D eigenvalue weighted by atomic mass is 9.99. The topological polar surface area (TPSA) is 58.6 Å². The van der Waals surface area contributed by atoms with Crippen molar-refractivity contribution in [1.82, 2.24) is 15.1 Å². The van der Waals surface area contributed by atoms with Crippen LogP contribution in [0.5, 0.6) is 11.5 Å². The van der Waals surface area contributed by atoms with E-state index < -0.39 is 0 Å². The molecule has 1 aromatic carbocycles. The molecule has 2 aliphatic heterocycles. The van der Waals surface area contributed by atoms with Gasteiger partial charge in [0.2, 0.25) is 0 Å². The van der Waals surface area contributed by atoms with Crippen LogP contribution in [-0.4, -0.2) is 82.0 Å². The van der Waals surface area contributed by atoms with Gasteiger partial charge in [-0.1, -0.05) is 0 Å². The van der Waals surface area contributed by atoms with Gasteiger partial charge in [0, 0.05) is 38.8 Å². The highest BCUT2D eigenvalue weighted by atomic mass is 16.5. The summed E-state index contributed by atoms with van der Waals surface area (Å²) in [7, 11) is 3.37. The summed E-state index contributed by atoms with van der Waals surface area (Å²) in [6, 6.07) is 4.62. The lowest BCUT2D eigenvalue weighted by Gasteiger charge is -2.34. The van der Waals surface area contributed by atoms with Gasteiger partial charge in [-0.3, -0.25) is 9.89 Å². The molecule has 1 fully saturated rings. The number of hydrogen-bond donors (Lipinski definition) is 1. The normalized spacial score (nSPS) is 19.1. The van der Waals surface area contributed by atoms with Gasteiger partial charge in [0.1, 0.15) is 0 Å². The number of hydrogen-bond acceptors (Lipinski definition) is 5. The number of methoxy groups -OCH3 is 2. The number of morpholine rings is 1. The minimum Gasteiger partial charge on any atom is -0.493 e. The number of guanidine groups is 1. The Hall–Kier alpha value is -1.99. The van der Waals surface area contributed by atoms with E-state index in [4.69, 9.17) is 19.2 Å². The molecule has 0 aliphatic carbocycles. The van der Waals surface area contributed by atoms with Crippen LogP contribution in [0.4, 0.5) is 0 Å². The van der Waals surface area contributed by atoms with Crippen molar-refractivity contribution in [2.45, 2.75) is 32.9 Å². The molecule has 0 spiro atoms. The first-order valence-corrected chi connectivity index (χ1v) is 10.2. The molecule has 0 aromatic heterocycles.